The fraction of sp³-hybridized carbons (Fsp3) is 0.455. The quantitative estimate of drug-likeness (QED) is 0.744. The molecule has 1 aromatic rings. The largest absolute Gasteiger partial charge is 0.573 e. The van der Waals surface area contributed by atoms with E-state index in [9.17, 15) is 13.2 Å². The normalized spacial score (nSPS) is 11.5. The van der Waals surface area contributed by atoms with Crippen molar-refractivity contribution in [3.8, 4) is 5.75 Å². The van der Waals surface area contributed by atoms with Crippen molar-refractivity contribution < 1.29 is 17.9 Å². The summed E-state index contributed by atoms with van der Waals surface area (Å²) in [4.78, 5) is 0. The van der Waals surface area contributed by atoms with Gasteiger partial charge >= 0.3 is 6.36 Å². The Hall–Kier alpha value is -1.19. The summed E-state index contributed by atoms with van der Waals surface area (Å²) >= 11 is 0. The molecule has 0 saturated carbocycles. The minimum absolute atomic E-state index is 0.142. The maximum atomic E-state index is 11.9. The van der Waals surface area contributed by atoms with Gasteiger partial charge in [0.2, 0.25) is 0 Å². The Labute approximate surface area is 86.9 Å². The monoisotopic (exact) mass is 218 g/mol. The van der Waals surface area contributed by atoms with Crippen molar-refractivity contribution in [1.29, 1.82) is 0 Å². The molecule has 0 aliphatic heterocycles. The average molecular weight is 218 g/mol. The highest BCUT2D eigenvalue weighted by atomic mass is 19.4. The number of hydrogen-bond donors (Lipinski definition) is 0. The van der Waals surface area contributed by atoms with Gasteiger partial charge in [-0.3, -0.25) is 0 Å². The first-order valence-corrected chi connectivity index (χ1v) is 4.86. The van der Waals surface area contributed by atoms with Crippen LogP contribution in [0.5, 0.6) is 5.75 Å². The zero-order chi connectivity index (χ0) is 11.3. The van der Waals surface area contributed by atoms with Gasteiger partial charge in [0.25, 0.3) is 0 Å². The van der Waals surface area contributed by atoms with Crippen molar-refractivity contribution in [3.05, 3.63) is 29.8 Å². The van der Waals surface area contributed by atoms with Crippen molar-refractivity contribution in [2.45, 2.75) is 32.5 Å². The first-order valence-electron chi connectivity index (χ1n) is 4.86. The average Bonchev–Trinajstić information content (AvgIpc) is 2.12. The second-order valence-corrected chi connectivity index (χ2v) is 3.30. The van der Waals surface area contributed by atoms with E-state index in [0.29, 0.717) is 0 Å². The third-order valence-electron chi connectivity index (χ3n) is 1.95. The summed E-state index contributed by atoms with van der Waals surface area (Å²) in [6.45, 7) is 2.04. The number of rotatable bonds is 4. The fourth-order valence-electron chi connectivity index (χ4n) is 1.28. The van der Waals surface area contributed by atoms with E-state index in [0.717, 1.165) is 24.8 Å². The number of unbranched alkanes of at least 4 members (excludes halogenated alkanes) is 1. The van der Waals surface area contributed by atoms with Gasteiger partial charge in [-0.05, 0) is 30.5 Å². The number of benzene rings is 1. The van der Waals surface area contributed by atoms with Crippen molar-refractivity contribution >= 4 is 0 Å². The summed E-state index contributed by atoms with van der Waals surface area (Å²) < 4.78 is 39.5. The SMILES string of the molecule is CCCCc1cccc(OC(F)(F)F)c1. The zero-order valence-electron chi connectivity index (χ0n) is 8.47. The lowest BCUT2D eigenvalue weighted by atomic mass is 10.1. The maximum Gasteiger partial charge on any atom is 0.573 e. The first kappa shape index (κ1) is 11.9. The molecule has 1 nitrogen and oxygen atoms in total. The van der Waals surface area contributed by atoms with Crippen molar-refractivity contribution in [2.24, 2.45) is 0 Å². The van der Waals surface area contributed by atoms with E-state index < -0.39 is 6.36 Å². The Morgan fingerprint density at radius 2 is 2.00 bits per heavy atom. The lowest BCUT2D eigenvalue weighted by molar-refractivity contribution is -0.274. The molecule has 15 heavy (non-hydrogen) atoms. The molecular formula is C11H13F3O. The third-order valence-corrected chi connectivity index (χ3v) is 1.95. The van der Waals surface area contributed by atoms with Crippen molar-refractivity contribution in [1.82, 2.24) is 0 Å². The van der Waals surface area contributed by atoms with Crippen LogP contribution in [-0.4, -0.2) is 6.36 Å². The van der Waals surface area contributed by atoms with E-state index in [2.05, 4.69) is 4.74 Å². The van der Waals surface area contributed by atoms with Gasteiger partial charge < -0.3 is 4.74 Å². The fourth-order valence-corrected chi connectivity index (χ4v) is 1.28. The molecule has 0 bridgehead atoms. The van der Waals surface area contributed by atoms with Crippen LogP contribution < -0.4 is 4.74 Å². The lowest BCUT2D eigenvalue weighted by Crippen LogP contribution is -2.17. The van der Waals surface area contributed by atoms with Crippen LogP contribution in [0, 0.1) is 0 Å². The predicted molar refractivity (Wildman–Crippen MR) is 51.7 cm³/mol. The molecule has 0 saturated heterocycles. The van der Waals surface area contributed by atoms with E-state index in [1.807, 2.05) is 6.92 Å². The summed E-state index contributed by atoms with van der Waals surface area (Å²) in [6.07, 6.45) is -1.84. The van der Waals surface area contributed by atoms with Gasteiger partial charge in [-0.25, -0.2) is 0 Å². The zero-order valence-corrected chi connectivity index (χ0v) is 8.47. The molecule has 0 aliphatic rings. The molecule has 1 aromatic carbocycles. The minimum Gasteiger partial charge on any atom is -0.406 e. The number of hydrogen-bond acceptors (Lipinski definition) is 1. The van der Waals surface area contributed by atoms with Crippen molar-refractivity contribution in [2.75, 3.05) is 0 Å². The van der Waals surface area contributed by atoms with Crippen LogP contribution >= 0.6 is 0 Å². The molecule has 0 fully saturated rings. The van der Waals surface area contributed by atoms with Crippen LogP contribution in [-0.2, 0) is 6.42 Å². The van der Waals surface area contributed by atoms with Gasteiger partial charge in [-0.15, -0.1) is 13.2 Å². The third kappa shape index (κ3) is 4.72. The molecule has 0 aromatic heterocycles. The maximum absolute atomic E-state index is 11.9. The number of halogens is 3. The lowest BCUT2D eigenvalue weighted by Gasteiger charge is -2.09. The summed E-state index contributed by atoms with van der Waals surface area (Å²) in [5.41, 5.74) is 0.874. The molecular weight excluding hydrogens is 205 g/mol. The molecule has 0 amide bonds. The van der Waals surface area contributed by atoms with Crippen molar-refractivity contribution in [3.63, 3.8) is 0 Å². The number of ether oxygens (including phenoxy) is 1. The number of alkyl halides is 3. The molecule has 0 atom stereocenters. The summed E-state index contributed by atoms with van der Waals surface area (Å²) in [5, 5.41) is 0. The molecule has 0 heterocycles. The van der Waals surface area contributed by atoms with Gasteiger partial charge in [0, 0.05) is 0 Å². The Kier molecular flexibility index (Phi) is 4.00. The molecule has 4 heteroatoms. The highest BCUT2D eigenvalue weighted by Crippen LogP contribution is 2.23. The Balaban J connectivity index is 2.66. The topological polar surface area (TPSA) is 9.23 Å². The van der Waals surface area contributed by atoms with Gasteiger partial charge in [0.1, 0.15) is 5.75 Å². The van der Waals surface area contributed by atoms with Crippen LogP contribution in [0.4, 0.5) is 13.2 Å². The van der Waals surface area contributed by atoms with Gasteiger partial charge in [-0.2, -0.15) is 0 Å². The van der Waals surface area contributed by atoms with Gasteiger partial charge in [0.15, 0.2) is 0 Å². The van der Waals surface area contributed by atoms with E-state index >= 15 is 0 Å². The highest BCUT2D eigenvalue weighted by molar-refractivity contribution is 5.28. The Morgan fingerprint density at radius 1 is 1.27 bits per heavy atom. The molecule has 84 valence electrons. The molecule has 1 rings (SSSR count). The molecule has 0 radical (unpaired) electrons. The van der Waals surface area contributed by atoms with Crippen LogP contribution in [0.1, 0.15) is 25.3 Å². The summed E-state index contributed by atoms with van der Waals surface area (Å²) in [6, 6.07) is 6.12. The highest BCUT2D eigenvalue weighted by Gasteiger charge is 2.30. The predicted octanol–water partition coefficient (Wildman–Crippen LogP) is 3.93. The molecule has 0 spiro atoms. The van der Waals surface area contributed by atoms with Crippen LogP contribution in [0.15, 0.2) is 24.3 Å². The standard InChI is InChI=1S/C11H13F3O/c1-2-3-5-9-6-4-7-10(8-9)15-11(12,13)14/h4,6-8H,2-3,5H2,1H3. The van der Waals surface area contributed by atoms with Gasteiger partial charge in [-0.1, -0.05) is 25.5 Å². The molecule has 0 aliphatic carbocycles. The smallest absolute Gasteiger partial charge is 0.406 e. The van der Waals surface area contributed by atoms with Gasteiger partial charge in [0.05, 0.1) is 0 Å². The second-order valence-electron chi connectivity index (χ2n) is 3.30. The van der Waals surface area contributed by atoms with E-state index in [1.165, 1.54) is 12.1 Å². The van der Waals surface area contributed by atoms with Crippen LogP contribution in [0.3, 0.4) is 0 Å². The first-order chi connectivity index (χ1) is 7.01. The summed E-state index contributed by atoms with van der Waals surface area (Å²) in [5.74, 6) is -0.142. The second kappa shape index (κ2) is 5.05. The number of aryl methyl sites for hydroxylation is 1. The molecule has 0 unspecified atom stereocenters. The Bertz CT molecular complexity index is 307. The summed E-state index contributed by atoms with van der Waals surface area (Å²) in [7, 11) is 0. The van der Waals surface area contributed by atoms with E-state index in [1.54, 1.807) is 12.1 Å². The molecule has 0 N–H and O–H groups in total. The minimum atomic E-state index is -4.61. The van der Waals surface area contributed by atoms with E-state index in [4.69, 9.17) is 0 Å². The Morgan fingerprint density at radius 3 is 2.60 bits per heavy atom. The van der Waals surface area contributed by atoms with Crippen LogP contribution in [0.2, 0.25) is 0 Å². The van der Waals surface area contributed by atoms with Crippen LogP contribution in [0.25, 0.3) is 0 Å². The van der Waals surface area contributed by atoms with E-state index in [-0.39, 0.29) is 5.75 Å².